The number of nitrogens with zero attached hydrogens (tertiary/aromatic N) is 2. The lowest BCUT2D eigenvalue weighted by Gasteiger charge is -2.19. The molecule has 5 nitrogen and oxygen atoms in total. The second kappa shape index (κ2) is 5.31. The molecule has 0 aliphatic carbocycles. The van der Waals surface area contributed by atoms with E-state index in [-0.39, 0.29) is 17.9 Å². The molecule has 0 saturated heterocycles. The number of hydrogen-bond donors (Lipinski definition) is 2. The molecule has 0 aliphatic rings. The van der Waals surface area contributed by atoms with Crippen LogP contribution in [-0.4, -0.2) is 21.7 Å². The second-order valence-electron chi connectivity index (χ2n) is 4.81. The highest BCUT2D eigenvalue weighted by Gasteiger charge is 2.20. The van der Waals surface area contributed by atoms with Gasteiger partial charge in [0, 0.05) is 18.3 Å². The molecule has 0 aliphatic heterocycles. The zero-order valence-corrected chi connectivity index (χ0v) is 11.2. The van der Waals surface area contributed by atoms with Gasteiger partial charge in [-0.1, -0.05) is 13.8 Å². The van der Waals surface area contributed by atoms with Crippen LogP contribution in [-0.2, 0) is 11.8 Å². The Balaban J connectivity index is 2.70. The van der Waals surface area contributed by atoms with E-state index in [1.165, 1.54) is 0 Å². The summed E-state index contributed by atoms with van der Waals surface area (Å²) in [6, 6.07) is -0.532. The topological polar surface area (TPSA) is 72.9 Å². The smallest absolute Gasteiger partial charge is 0.237 e. The zero-order valence-electron chi connectivity index (χ0n) is 11.2. The van der Waals surface area contributed by atoms with Crippen molar-refractivity contribution in [1.29, 1.82) is 0 Å². The van der Waals surface area contributed by atoms with Crippen molar-refractivity contribution in [2.45, 2.75) is 39.8 Å². The number of aromatic nitrogens is 2. The summed E-state index contributed by atoms with van der Waals surface area (Å²) in [4.78, 5) is 11.8. The first kappa shape index (κ1) is 13.7. The quantitative estimate of drug-likeness (QED) is 0.818. The van der Waals surface area contributed by atoms with Crippen molar-refractivity contribution >= 4 is 5.91 Å². The summed E-state index contributed by atoms with van der Waals surface area (Å²) < 4.78 is 1.79. The number of hydrogen-bond acceptors (Lipinski definition) is 3. The molecule has 0 aromatic carbocycles. The molecule has 2 atom stereocenters. The normalized spacial score (nSPS) is 14.8. The standard InChI is InChI=1S/C12H22N4O/c1-7(2)11(13)12(17)15-8(3)10-6-14-16(5)9(10)4/h6-8,11H,13H2,1-5H3,(H,15,17). The first-order valence-corrected chi connectivity index (χ1v) is 5.89. The lowest BCUT2D eigenvalue weighted by atomic mass is 10.0. The van der Waals surface area contributed by atoms with Crippen molar-refractivity contribution < 1.29 is 4.79 Å². The van der Waals surface area contributed by atoms with Crippen LogP contribution in [0.3, 0.4) is 0 Å². The average Bonchev–Trinajstić information content (AvgIpc) is 2.58. The summed E-state index contributed by atoms with van der Waals surface area (Å²) in [6.45, 7) is 7.79. The van der Waals surface area contributed by atoms with Crippen LogP contribution in [0.2, 0.25) is 0 Å². The maximum Gasteiger partial charge on any atom is 0.237 e. The number of amides is 1. The van der Waals surface area contributed by atoms with Crippen molar-refractivity contribution in [3.8, 4) is 0 Å². The maximum absolute atomic E-state index is 11.8. The number of rotatable bonds is 4. The molecule has 0 bridgehead atoms. The highest BCUT2D eigenvalue weighted by atomic mass is 16.2. The van der Waals surface area contributed by atoms with Crippen molar-refractivity contribution in [2.24, 2.45) is 18.7 Å². The predicted octanol–water partition coefficient (Wildman–Crippen LogP) is 0.889. The molecule has 1 amide bonds. The van der Waals surface area contributed by atoms with Gasteiger partial charge in [-0.05, 0) is 19.8 Å². The monoisotopic (exact) mass is 238 g/mol. The van der Waals surface area contributed by atoms with E-state index in [1.807, 2.05) is 34.7 Å². The summed E-state index contributed by atoms with van der Waals surface area (Å²) in [5, 5.41) is 7.07. The van der Waals surface area contributed by atoms with Crippen LogP contribution in [0.1, 0.15) is 38.1 Å². The predicted molar refractivity (Wildman–Crippen MR) is 67.3 cm³/mol. The maximum atomic E-state index is 11.8. The second-order valence-corrected chi connectivity index (χ2v) is 4.81. The minimum absolute atomic E-state index is 0.0685. The number of carbonyl (C=O) groups excluding carboxylic acids is 1. The summed E-state index contributed by atoms with van der Waals surface area (Å²) in [5.74, 6) is 0.0212. The van der Waals surface area contributed by atoms with Crippen LogP contribution in [0.15, 0.2) is 6.20 Å². The zero-order chi connectivity index (χ0) is 13.2. The van der Waals surface area contributed by atoms with Crippen molar-refractivity contribution in [3.05, 3.63) is 17.5 Å². The van der Waals surface area contributed by atoms with Gasteiger partial charge in [-0.25, -0.2) is 0 Å². The third-order valence-corrected chi connectivity index (χ3v) is 3.12. The van der Waals surface area contributed by atoms with Crippen LogP contribution in [0.25, 0.3) is 0 Å². The highest BCUT2D eigenvalue weighted by molar-refractivity contribution is 5.82. The van der Waals surface area contributed by atoms with Gasteiger partial charge in [-0.15, -0.1) is 0 Å². The van der Waals surface area contributed by atoms with Crippen LogP contribution in [0.4, 0.5) is 0 Å². The van der Waals surface area contributed by atoms with E-state index in [2.05, 4.69) is 10.4 Å². The number of carbonyl (C=O) groups is 1. The van der Waals surface area contributed by atoms with E-state index in [0.29, 0.717) is 0 Å². The van der Waals surface area contributed by atoms with E-state index in [1.54, 1.807) is 10.9 Å². The van der Waals surface area contributed by atoms with E-state index in [4.69, 9.17) is 5.73 Å². The van der Waals surface area contributed by atoms with Crippen LogP contribution in [0, 0.1) is 12.8 Å². The van der Waals surface area contributed by atoms with Gasteiger partial charge in [0.05, 0.1) is 18.3 Å². The Kier molecular flexibility index (Phi) is 4.28. The molecule has 5 heteroatoms. The molecule has 0 fully saturated rings. The lowest BCUT2D eigenvalue weighted by molar-refractivity contribution is -0.123. The lowest BCUT2D eigenvalue weighted by Crippen LogP contribution is -2.44. The first-order valence-electron chi connectivity index (χ1n) is 5.89. The SMILES string of the molecule is Cc1c(C(C)NC(=O)C(N)C(C)C)cnn1C. The fraction of sp³-hybridized carbons (Fsp3) is 0.667. The molecule has 1 aromatic heterocycles. The summed E-state index contributed by atoms with van der Waals surface area (Å²) >= 11 is 0. The van der Waals surface area contributed by atoms with Gasteiger partial charge in [0.1, 0.15) is 0 Å². The van der Waals surface area contributed by atoms with Gasteiger partial charge >= 0.3 is 0 Å². The fourth-order valence-electron chi connectivity index (χ4n) is 1.63. The Bertz CT molecular complexity index is 397. The Labute approximate surface area is 102 Å². The van der Waals surface area contributed by atoms with E-state index in [0.717, 1.165) is 11.3 Å². The highest BCUT2D eigenvalue weighted by Crippen LogP contribution is 2.16. The van der Waals surface area contributed by atoms with Gasteiger partial charge in [-0.2, -0.15) is 5.10 Å². The molecule has 1 heterocycles. The number of nitrogens with two attached hydrogens (primary N) is 1. The van der Waals surface area contributed by atoms with Crippen molar-refractivity contribution in [2.75, 3.05) is 0 Å². The van der Waals surface area contributed by atoms with Gasteiger partial charge in [0.25, 0.3) is 0 Å². The third-order valence-electron chi connectivity index (χ3n) is 3.12. The van der Waals surface area contributed by atoms with Crippen LogP contribution >= 0.6 is 0 Å². The minimum Gasteiger partial charge on any atom is -0.348 e. The first-order chi connectivity index (χ1) is 7.84. The largest absolute Gasteiger partial charge is 0.348 e. The molecule has 1 rings (SSSR count). The average molecular weight is 238 g/mol. The molecule has 0 radical (unpaired) electrons. The van der Waals surface area contributed by atoms with Gasteiger partial charge in [0.15, 0.2) is 0 Å². The number of nitrogens with one attached hydrogen (secondary N) is 1. The number of aryl methyl sites for hydroxylation is 1. The van der Waals surface area contributed by atoms with E-state index < -0.39 is 6.04 Å². The molecule has 3 N–H and O–H groups in total. The van der Waals surface area contributed by atoms with Crippen LogP contribution in [0.5, 0.6) is 0 Å². The fourth-order valence-corrected chi connectivity index (χ4v) is 1.63. The van der Waals surface area contributed by atoms with Crippen LogP contribution < -0.4 is 11.1 Å². The molecule has 0 saturated carbocycles. The molecule has 17 heavy (non-hydrogen) atoms. The van der Waals surface area contributed by atoms with Crippen molar-refractivity contribution in [1.82, 2.24) is 15.1 Å². The summed E-state index contributed by atoms with van der Waals surface area (Å²) in [7, 11) is 1.88. The molecule has 0 spiro atoms. The minimum atomic E-state index is -0.463. The summed E-state index contributed by atoms with van der Waals surface area (Å²) in [5.41, 5.74) is 7.87. The van der Waals surface area contributed by atoms with Gasteiger partial charge in [0.2, 0.25) is 5.91 Å². The van der Waals surface area contributed by atoms with Gasteiger partial charge in [-0.3, -0.25) is 9.48 Å². The Morgan fingerprint density at radius 2 is 2.06 bits per heavy atom. The Morgan fingerprint density at radius 3 is 2.47 bits per heavy atom. The van der Waals surface area contributed by atoms with E-state index in [9.17, 15) is 4.79 Å². The third kappa shape index (κ3) is 3.06. The molecule has 2 unspecified atom stereocenters. The molecule has 1 aromatic rings. The van der Waals surface area contributed by atoms with Crippen molar-refractivity contribution in [3.63, 3.8) is 0 Å². The summed E-state index contributed by atoms with van der Waals surface area (Å²) in [6.07, 6.45) is 1.78. The van der Waals surface area contributed by atoms with Gasteiger partial charge < -0.3 is 11.1 Å². The molecular formula is C12H22N4O. The molecule has 96 valence electrons. The van der Waals surface area contributed by atoms with E-state index >= 15 is 0 Å². The molecular weight excluding hydrogens is 216 g/mol. The Hall–Kier alpha value is -1.36. The Morgan fingerprint density at radius 1 is 1.47 bits per heavy atom.